The average Bonchev–Trinajstić information content (AvgIpc) is 2.83. The van der Waals surface area contributed by atoms with Gasteiger partial charge in [-0.3, -0.25) is 0 Å². The maximum Gasteiger partial charge on any atom is 0.244 e. The van der Waals surface area contributed by atoms with Crippen LogP contribution in [0.4, 0.5) is 0 Å². The predicted octanol–water partition coefficient (Wildman–Crippen LogP) is 1.61. The summed E-state index contributed by atoms with van der Waals surface area (Å²) in [6.45, 7) is 2.64. The number of hydrogen-bond acceptors (Lipinski definition) is 3. The highest BCUT2D eigenvalue weighted by Crippen LogP contribution is 2.20. The van der Waals surface area contributed by atoms with Crippen molar-refractivity contribution in [1.29, 1.82) is 0 Å². The van der Waals surface area contributed by atoms with Crippen LogP contribution in [-0.2, 0) is 30.2 Å². The van der Waals surface area contributed by atoms with Crippen LogP contribution in [0.15, 0.2) is 41.4 Å². The van der Waals surface area contributed by atoms with Crippen molar-refractivity contribution in [2.24, 2.45) is 12.8 Å². The fraction of sp³-hybridized carbons (Fsp3) is 0.333. The van der Waals surface area contributed by atoms with Crippen LogP contribution in [0.1, 0.15) is 16.8 Å². The molecule has 0 radical (unpaired) electrons. The number of sulfonamides is 1. The molecule has 0 saturated heterocycles. The van der Waals surface area contributed by atoms with Crippen LogP contribution in [-0.4, -0.2) is 24.3 Å². The van der Waals surface area contributed by atoms with E-state index in [2.05, 4.69) is 0 Å². The number of aromatic nitrogens is 1. The van der Waals surface area contributed by atoms with Gasteiger partial charge in [0.15, 0.2) is 0 Å². The first-order chi connectivity index (χ1) is 9.86. The van der Waals surface area contributed by atoms with Crippen LogP contribution in [0.3, 0.4) is 0 Å². The van der Waals surface area contributed by atoms with E-state index < -0.39 is 10.0 Å². The fourth-order valence-electron chi connectivity index (χ4n) is 2.21. The van der Waals surface area contributed by atoms with Crippen LogP contribution in [0.2, 0.25) is 0 Å². The maximum atomic E-state index is 12.6. The van der Waals surface area contributed by atoms with Gasteiger partial charge < -0.3 is 10.3 Å². The molecule has 0 aliphatic rings. The Hall–Kier alpha value is -1.63. The zero-order valence-electron chi connectivity index (χ0n) is 12.6. The molecule has 0 atom stereocenters. The van der Waals surface area contributed by atoms with Gasteiger partial charge in [0.05, 0.1) is 0 Å². The Labute approximate surface area is 126 Å². The Morgan fingerprint density at radius 1 is 1.29 bits per heavy atom. The standard InChI is InChI=1S/C15H21N3O2S/c1-12-6-4-5-7-13(12)10-18(3)21(19,20)15-8-14(9-16)17(2)11-15/h4-8,11H,9-10,16H2,1-3H3. The van der Waals surface area contributed by atoms with Crippen molar-refractivity contribution >= 4 is 10.0 Å². The Morgan fingerprint density at radius 2 is 1.95 bits per heavy atom. The third kappa shape index (κ3) is 3.18. The summed E-state index contributed by atoms with van der Waals surface area (Å²) in [7, 11) is -0.120. The van der Waals surface area contributed by atoms with Crippen molar-refractivity contribution in [2.45, 2.75) is 24.9 Å². The molecule has 1 heterocycles. The highest BCUT2D eigenvalue weighted by atomic mass is 32.2. The van der Waals surface area contributed by atoms with E-state index in [1.165, 1.54) is 4.31 Å². The zero-order valence-corrected chi connectivity index (χ0v) is 13.4. The molecule has 0 unspecified atom stereocenters. The topological polar surface area (TPSA) is 68.3 Å². The first-order valence-electron chi connectivity index (χ1n) is 6.72. The third-order valence-corrected chi connectivity index (χ3v) is 5.42. The molecule has 0 aliphatic heterocycles. The normalized spacial score (nSPS) is 12.0. The molecule has 5 nitrogen and oxygen atoms in total. The molecular weight excluding hydrogens is 286 g/mol. The van der Waals surface area contributed by atoms with Crippen molar-refractivity contribution in [3.8, 4) is 0 Å². The lowest BCUT2D eigenvalue weighted by molar-refractivity contribution is 0.466. The van der Waals surface area contributed by atoms with Gasteiger partial charge in [-0.15, -0.1) is 0 Å². The average molecular weight is 307 g/mol. The molecule has 0 saturated carbocycles. The van der Waals surface area contributed by atoms with Gasteiger partial charge in [0, 0.05) is 39.1 Å². The molecule has 0 spiro atoms. The largest absolute Gasteiger partial charge is 0.352 e. The summed E-state index contributed by atoms with van der Waals surface area (Å²) in [5.41, 5.74) is 8.46. The molecule has 2 rings (SSSR count). The highest BCUT2D eigenvalue weighted by molar-refractivity contribution is 7.89. The first kappa shape index (κ1) is 15.8. The van der Waals surface area contributed by atoms with Gasteiger partial charge >= 0.3 is 0 Å². The predicted molar refractivity (Wildman–Crippen MR) is 83.1 cm³/mol. The first-order valence-corrected chi connectivity index (χ1v) is 8.16. The molecule has 1 aromatic carbocycles. The van der Waals surface area contributed by atoms with Crippen molar-refractivity contribution in [3.05, 3.63) is 53.3 Å². The van der Waals surface area contributed by atoms with Crippen molar-refractivity contribution < 1.29 is 8.42 Å². The van der Waals surface area contributed by atoms with Crippen molar-refractivity contribution in [3.63, 3.8) is 0 Å². The minimum absolute atomic E-state index is 0.279. The van der Waals surface area contributed by atoms with Gasteiger partial charge in [-0.05, 0) is 24.1 Å². The second-order valence-electron chi connectivity index (χ2n) is 5.17. The van der Waals surface area contributed by atoms with Crippen molar-refractivity contribution in [2.75, 3.05) is 7.05 Å². The lowest BCUT2D eigenvalue weighted by Crippen LogP contribution is -2.26. The maximum absolute atomic E-state index is 12.6. The lowest BCUT2D eigenvalue weighted by Gasteiger charge is -2.17. The van der Waals surface area contributed by atoms with E-state index in [0.717, 1.165) is 16.8 Å². The molecule has 114 valence electrons. The van der Waals surface area contributed by atoms with Crippen LogP contribution < -0.4 is 5.73 Å². The highest BCUT2D eigenvalue weighted by Gasteiger charge is 2.23. The Morgan fingerprint density at radius 3 is 2.52 bits per heavy atom. The van der Waals surface area contributed by atoms with E-state index in [0.29, 0.717) is 13.1 Å². The monoisotopic (exact) mass is 307 g/mol. The Kier molecular flexibility index (Phi) is 4.51. The van der Waals surface area contributed by atoms with Gasteiger partial charge in [-0.2, -0.15) is 4.31 Å². The molecule has 0 fully saturated rings. The second-order valence-corrected chi connectivity index (χ2v) is 7.21. The minimum atomic E-state index is -3.51. The quantitative estimate of drug-likeness (QED) is 0.912. The smallest absolute Gasteiger partial charge is 0.244 e. The molecule has 21 heavy (non-hydrogen) atoms. The Bertz CT molecular complexity index is 735. The van der Waals surface area contributed by atoms with Gasteiger partial charge in [-0.1, -0.05) is 24.3 Å². The van der Waals surface area contributed by atoms with E-state index >= 15 is 0 Å². The van der Waals surface area contributed by atoms with E-state index in [1.54, 1.807) is 30.9 Å². The molecule has 0 aliphatic carbocycles. The molecule has 2 aromatic rings. The number of rotatable bonds is 5. The van der Waals surface area contributed by atoms with E-state index in [1.807, 2.05) is 31.2 Å². The van der Waals surface area contributed by atoms with Crippen molar-refractivity contribution in [1.82, 2.24) is 8.87 Å². The van der Waals surface area contributed by atoms with Gasteiger partial charge in [0.1, 0.15) is 4.90 Å². The molecule has 2 N–H and O–H groups in total. The summed E-state index contributed by atoms with van der Waals surface area (Å²) in [6.07, 6.45) is 1.60. The molecule has 0 amide bonds. The van der Waals surface area contributed by atoms with Crippen LogP contribution in [0, 0.1) is 6.92 Å². The minimum Gasteiger partial charge on any atom is -0.352 e. The number of nitrogens with two attached hydrogens (primary N) is 1. The molecule has 6 heteroatoms. The Balaban J connectivity index is 2.28. The summed E-state index contributed by atoms with van der Waals surface area (Å²) in [5.74, 6) is 0. The summed E-state index contributed by atoms with van der Waals surface area (Å²) < 4.78 is 28.3. The van der Waals surface area contributed by atoms with E-state index in [4.69, 9.17) is 5.73 Å². The number of aryl methyl sites for hydroxylation is 2. The zero-order chi connectivity index (χ0) is 15.6. The lowest BCUT2D eigenvalue weighted by atomic mass is 10.1. The number of nitrogens with zero attached hydrogens (tertiary/aromatic N) is 2. The van der Waals surface area contributed by atoms with Crippen LogP contribution in [0.25, 0.3) is 0 Å². The SMILES string of the molecule is Cc1ccccc1CN(C)S(=O)(=O)c1cc(CN)n(C)c1. The molecule has 1 aromatic heterocycles. The summed E-state index contributed by atoms with van der Waals surface area (Å²) in [4.78, 5) is 0.279. The number of hydrogen-bond donors (Lipinski definition) is 1. The number of benzene rings is 1. The van der Waals surface area contributed by atoms with Crippen LogP contribution in [0.5, 0.6) is 0 Å². The van der Waals surface area contributed by atoms with E-state index in [9.17, 15) is 8.42 Å². The summed E-state index contributed by atoms with van der Waals surface area (Å²) in [6, 6.07) is 9.40. The van der Waals surface area contributed by atoms with E-state index in [-0.39, 0.29) is 4.90 Å². The summed E-state index contributed by atoms with van der Waals surface area (Å²) in [5, 5.41) is 0. The molecule has 0 bridgehead atoms. The van der Waals surface area contributed by atoms with Gasteiger partial charge in [0.2, 0.25) is 10.0 Å². The van der Waals surface area contributed by atoms with Gasteiger partial charge in [0.25, 0.3) is 0 Å². The summed E-state index contributed by atoms with van der Waals surface area (Å²) >= 11 is 0. The third-order valence-electron chi connectivity index (χ3n) is 3.65. The van der Waals surface area contributed by atoms with Crippen LogP contribution >= 0.6 is 0 Å². The second kappa shape index (κ2) is 6.01. The van der Waals surface area contributed by atoms with Gasteiger partial charge in [-0.25, -0.2) is 8.42 Å². The molecular formula is C15H21N3O2S. The fourth-order valence-corrected chi connectivity index (χ4v) is 3.46.